The van der Waals surface area contributed by atoms with Crippen LogP contribution in [-0.2, 0) is 4.79 Å². The molecule has 0 radical (unpaired) electrons. The largest absolute Gasteiger partial charge is 1.00 e. The summed E-state index contributed by atoms with van der Waals surface area (Å²) >= 11 is 0. The molecule has 0 saturated carbocycles. The third kappa shape index (κ3) is 3.42. The summed E-state index contributed by atoms with van der Waals surface area (Å²) < 4.78 is 0. The number of rotatable bonds is 3. The number of carbonyl (C=O) groups excluding carboxylic acids is 1. The van der Waals surface area contributed by atoms with E-state index in [2.05, 4.69) is 0 Å². The summed E-state index contributed by atoms with van der Waals surface area (Å²) in [5.74, 6) is -1.07. The number of likely N-dealkylation sites (N-methyl/N-ethyl adjacent to an activating group) is 1. The molecule has 0 aromatic heterocycles. The Morgan fingerprint density at radius 2 is 1.79 bits per heavy atom. The van der Waals surface area contributed by atoms with E-state index in [1.165, 1.54) is 0 Å². The smallest absolute Gasteiger partial charge is 0.548 e. The predicted octanol–water partition coefficient (Wildman–Crippen LogP) is -2.96. The van der Waals surface area contributed by atoms with Crippen LogP contribution in [0.4, 0.5) is 0 Å². The Balaban J connectivity index is 0.00000169. The number of benzene rings is 1. The van der Waals surface area contributed by atoms with E-state index in [4.69, 9.17) is 0 Å². The van der Waals surface area contributed by atoms with Gasteiger partial charge in [0, 0.05) is 0 Å². The van der Waals surface area contributed by atoms with E-state index in [0.717, 1.165) is 5.56 Å². The van der Waals surface area contributed by atoms with Crippen LogP contribution in [0.15, 0.2) is 30.3 Å². The maximum atomic E-state index is 10.8. The minimum absolute atomic E-state index is 0. The first-order valence-corrected chi connectivity index (χ1v) is 4.05. The van der Waals surface area contributed by atoms with Crippen molar-refractivity contribution in [2.75, 3.05) is 14.1 Å². The molecule has 1 aromatic rings. The fourth-order valence-electron chi connectivity index (χ4n) is 1.28. The number of carboxylic acid groups (broad SMARTS) is 1. The molecular formula is C10H12NNaO2. The first-order valence-electron chi connectivity index (χ1n) is 4.05. The number of hydrogen-bond donors (Lipinski definition) is 0. The standard InChI is InChI=1S/C10H13NO2.Na/c1-11(2)9(10(12)13)8-6-4-3-5-7-8;/h3-7,9H,1-2H3,(H,12,13);/q;+1/p-1. The SMILES string of the molecule is CN(C)C(C(=O)[O-])c1ccccc1.[Na+]. The molecule has 1 atom stereocenters. The second-order valence-corrected chi connectivity index (χ2v) is 3.10. The topological polar surface area (TPSA) is 43.4 Å². The molecule has 14 heavy (non-hydrogen) atoms. The van der Waals surface area contributed by atoms with Gasteiger partial charge in [0.2, 0.25) is 0 Å². The van der Waals surface area contributed by atoms with E-state index in [0.29, 0.717) is 0 Å². The summed E-state index contributed by atoms with van der Waals surface area (Å²) in [6.45, 7) is 0. The van der Waals surface area contributed by atoms with Crippen LogP contribution < -0.4 is 34.7 Å². The maximum absolute atomic E-state index is 10.8. The second kappa shape index (κ2) is 6.19. The third-order valence-electron chi connectivity index (χ3n) is 1.85. The van der Waals surface area contributed by atoms with Crippen LogP contribution in [0.25, 0.3) is 0 Å². The molecule has 0 saturated heterocycles. The Kier molecular flexibility index (Phi) is 6.04. The summed E-state index contributed by atoms with van der Waals surface area (Å²) in [7, 11) is 3.43. The Morgan fingerprint density at radius 3 is 2.14 bits per heavy atom. The molecular weight excluding hydrogens is 189 g/mol. The zero-order valence-electron chi connectivity index (χ0n) is 8.73. The zero-order valence-corrected chi connectivity index (χ0v) is 10.7. The van der Waals surface area contributed by atoms with Crippen molar-refractivity contribution in [2.24, 2.45) is 0 Å². The molecule has 3 nitrogen and oxygen atoms in total. The minimum Gasteiger partial charge on any atom is -0.548 e. The van der Waals surface area contributed by atoms with Crippen molar-refractivity contribution in [1.82, 2.24) is 4.90 Å². The molecule has 1 aromatic carbocycles. The molecule has 4 heteroatoms. The van der Waals surface area contributed by atoms with Crippen molar-refractivity contribution < 1.29 is 39.5 Å². The maximum Gasteiger partial charge on any atom is 1.00 e. The summed E-state index contributed by atoms with van der Waals surface area (Å²) in [4.78, 5) is 12.4. The quantitative estimate of drug-likeness (QED) is 0.491. The molecule has 0 fully saturated rings. The third-order valence-corrected chi connectivity index (χ3v) is 1.85. The van der Waals surface area contributed by atoms with E-state index < -0.39 is 12.0 Å². The molecule has 0 amide bonds. The van der Waals surface area contributed by atoms with Gasteiger partial charge in [-0.25, -0.2) is 0 Å². The summed E-state index contributed by atoms with van der Waals surface area (Å²) in [6, 6.07) is 8.37. The second-order valence-electron chi connectivity index (χ2n) is 3.10. The van der Waals surface area contributed by atoms with Crippen LogP contribution >= 0.6 is 0 Å². The Bertz CT molecular complexity index is 287. The molecule has 0 aliphatic carbocycles. The van der Waals surface area contributed by atoms with Crippen molar-refractivity contribution in [3.05, 3.63) is 35.9 Å². The molecule has 0 heterocycles. The molecule has 70 valence electrons. The number of hydrogen-bond acceptors (Lipinski definition) is 3. The van der Waals surface area contributed by atoms with Gasteiger partial charge in [0.1, 0.15) is 0 Å². The fourth-order valence-corrected chi connectivity index (χ4v) is 1.28. The number of nitrogens with zero attached hydrogens (tertiary/aromatic N) is 1. The number of carbonyl (C=O) groups is 1. The minimum atomic E-state index is -1.07. The Labute approximate surface area is 106 Å². The molecule has 1 rings (SSSR count). The molecule has 0 N–H and O–H groups in total. The van der Waals surface area contributed by atoms with Gasteiger partial charge in [0.05, 0.1) is 12.0 Å². The first kappa shape index (κ1) is 13.7. The van der Waals surface area contributed by atoms with Gasteiger partial charge in [-0.1, -0.05) is 30.3 Å². The molecule has 0 spiro atoms. The van der Waals surface area contributed by atoms with Crippen molar-refractivity contribution in [1.29, 1.82) is 0 Å². The van der Waals surface area contributed by atoms with E-state index >= 15 is 0 Å². The van der Waals surface area contributed by atoms with Gasteiger partial charge in [0.15, 0.2) is 0 Å². The monoisotopic (exact) mass is 201 g/mol. The van der Waals surface area contributed by atoms with E-state index in [1.807, 2.05) is 18.2 Å². The fraction of sp³-hybridized carbons (Fsp3) is 0.300. The van der Waals surface area contributed by atoms with Gasteiger partial charge in [-0.15, -0.1) is 0 Å². The van der Waals surface area contributed by atoms with Gasteiger partial charge in [-0.05, 0) is 19.7 Å². The molecule has 0 aliphatic rings. The van der Waals surface area contributed by atoms with Crippen LogP contribution in [0.5, 0.6) is 0 Å². The zero-order chi connectivity index (χ0) is 9.84. The van der Waals surface area contributed by atoms with Crippen LogP contribution in [0.3, 0.4) is 0 Å². The van der Waals surface area contributed by atoms with Crippen LogP contribution in [0.1, 0.15) is 11.6 Å². The molecule has 1 unspecified atom stereocenters. The van der Waals surface area contributed by atoms with Gasteiger partial charge in [-0.3, -0.25) is 4.90 Å². The summed E-state index contributed by atoms with van der Waals surface area (Å²) in [6.07, 6.45) is 0. The van der Waals surface area contributed by atoms with Gasteiger partial charge in [0.25, 0.3) is 0 Å². The average Bonchev–Trinajstić information content (AvgIpc) is 2.04. The molecule has 0 aliphatic heterocycles. The van der Waals surface area contributed by atoms with Crippen LogP contribution in [-0.4, -0.2) is 25.0 Å². The predicted molar refractivity (Wildman–Crippen MR) is 47.9 cm³/mol. The van der Waals surface area contributed by atoms with Crippen molar-refractivity contribution in [3.63, 3.8) is 0 Å². The Morgan fingerprint density at radius 1 is 1.29 bits per heavy atom. The summed E-state index contributed by atoms with van der Waals surface area (Å²) in [5.41, 5.74) is 0.743. The van der Waals surface area contributed by atoms with Crippen molar-refractivity contribution in [2.45, 2.75) is 6.04 Å². The van der Waals surface area contributed by atoms with Crippen LogP contribution in [0.2, 0.25) is 0 Å². The van der Waals surface area contributed by atoms with Gasteiger partial charge < -0.3 is 9.90 Å². The average molecular weight is 201 g/mol. The van der Waals surface area contributed by atoms with Crippen molar-refractivity contribution >= 4 is 5.97 Å². The van der Waals surface area contributed by atoms with Crippen molar-refractivity contribution in [3.8, 4) is 0 Å². The Hall–Kier alpha value is -0.350. The number of aliphatic carboxylic acids is 1. The normalized spacial score (nSPS) is 11.9. The first-order chi connectivity index (χ1) is 6.13. The van der Waals surface area contributed by atoms with E-state index in [1.54, 1.807) is 31.1 Å². The van der Waals surface area contributed by atoms with Gasteiger partial charge >= 0.3 is 29.6 Å². The van der Waals surface area contributed by atoms with Gasteiger partial charge in [-0.2, -0.15) is 0 Å². The number of carboxylic acids is 1. The molecule has 0 bridgehead atoms. The van der Waals surface area contributed by atoms with E-state index in [-0.39, 0.29) is 29.6 Å². The summed E-state index contributed by atoms with van der Waals surface area (Å²) in [5, 5.41) is 10.8. The van der Waals surface area contributed by atoms with E-state index in [9.17, 15) is 9.90 Å². The van der Waals surface area contributed by atoms with Crippen LogP contribution in [0, 0.1) is 0 Å².